The van der Waals surface area contributed by atoms with Gasteiger partial charge in [-0.2, -0.15) is 13.2 Å². The molecule has 6 nitrogen and oxygen atoms in total. The van der Waals surface area contributed by atoms with E-state index in [-0.39, 0.29) is 24.1 Å². The third-order valence-electron chi connectivity index (χ3n) is 6.41. The lowest BCUT2D eigenvalue weighted by atomic mass is 9.89. The summed E-state index contributed by atoms with van der Waals surface area (Å²) in [5, 5.41) is 0. The van der Waals surface area contributed by atoms with Crippen molar-refractivity contribution in [3.8, 4) is 5.75 Å². The molecule has 34 heavy (non-hydrogen) atoms. The van der Waals surface area contributed by atoms with E-state index in [1.807, 2.05) is 19.9 Å². The number of ether oxygens (including phenoxy) is 1. The molecule has 1 saturated heterocycles. The van der Waals surface area contributed by atoms with Crippen LogP contribution in [0.3, 0.4) is 0 Å². The van der Waals surface area contributed by atoms with Crippen molar-refractivity contribution < 1.29 is 17.9 Å². The number of halogens is 3. The minimum Gasteiger partial charge on any atom is -0.485 e. The molecule has 4 rings (SSSR count). The van der Waals surface area contributed by atoms with E-state index in [0.29, 0.717) is 11.6 Å². The molecule has 9 heteroatoms. The van der Waals surface area contributed by atoms with Crippen LogP contribution in [0.4, 0.5) is 18.9 Å². The number of aryl methyl sites for hydroxylation is 1. The zero-order valence-electron chi connectivity index (χ0n) is 19.1. The van der Waals surface area contributed by atoms with E-state index in [4.69, 9.17) is 4.74 Å². The quantitative estimate of drug-likeness (QED) is 0.504. The second-order valence-electron chi connectivity index (χ2n) is 8.60. The maximum absolute atomic E-state index is 12.9. The fourth-order valence-corrected chi connectivity index (χ4v) is 4.55. The molecular weight excluding hydrogens is 445 g/mol. The van der Waals surface area contributed by atoms with Crippen molar-refractivity contribution in [2.45, 2.75) is 45.5 Å². The summed E-state index contributed by atoms with van der Waals surface area (Å²) in [4.78, 5) is 23.2. The van der Waals surface area contributed by atoms with Gasteiger partial charge in [-0.1, -0.05) is 0 Å². The van der Waals surface area contributed by atoms with Crippen molar-refractivity contribution >= 4 is 5.69 Å². The van der Waals surface area contributed by atoms with Gasteiger partial charge in [-0.3, -0.25) is 4.79 Å². The molecule has 1 unspecified atom stereocenters. The summed E-state index contributed by atoms with van der Waals surface area (Å²) in [6.45, 7) is 5.58. The van der Waals surface area contributed by atoms with Gasteiger partial charge in [0, 0.05) is 49.0 Å². The molecule has 0 saturated carbocycles. The molecule has 1 aliphatic heterocycles. The Morgan fingerprint density at radius 1 is 1.09 bits per heavy atom. The van der Waals surface area contributed by atoms with Crippen molar-refractivity contribution in [1.29, 1.82) is 0 Å². The predicted molar refractivity (Wildman–Crippen MR) is 123 cm³/mol. The summed E-state index contributed by atoms with van der Waals surface area (Å²) in [6.07, 6.45) is 0.635. The van der Waals surface area contributed by atoms with E-state index in [1.165, 1.54) is 18.2 Å². The number of nitrogens with zero attached hydrogens (tertiary/aromatic N) is 4. The maximum Gasteiger partial charge on any atom is 0.416 e. The van der Waals surface area contributed by atoms with Crippen molar-refractivity contribution in [3.05, 3.63) is 82.3 Å². The number of alkyl halides is 3. The molecule has 2 aromatic heterocycles. The van der Waals surface area contributed by atoms with Gasteiger partial charge in [-0.25, -0.2) is 9.97 Å². The molecular formula is C25H27F3N4O2. The van der Waals surface area contributed by atoms with Crippen LogP contribution in [0, 0.1) is 12.8 Å². The Kier molecular flexibility index (Phi) is 6.90. The van der Waals surface area contributed by atoms with E-state index in [1.54, 1.807) is 23.0 Å². The van der Waals surface area contributed by atoms with E-state index in [9.17, 15) is 18.0 Å². The first-order valence-electron chi connectivity index (χ1n) is 11.3. The van der Waals surface area contributed by atoms with Crippen LogP contribution in [0.5, 0.6) is 5.75 Å². The minimum absolute atomic E-state index is 0.00578. The molecule has 1 atom stereocenters. The summed E-state index contributed by atoms with van der Waals surface area (Å²) in [5.74, 6) is 1.31. The fourth-order valence-electron chi connectivity index (χ4n) is 4.55. The SMILES string of the molecule is Cc1cc(OCc2ncccn2)cc(=O)n1C(C)C1CCN(c2ccc(C(F)(F)F)cc2)CC1. The van der Waals surface area contributed by atoms with Gasteiger partial charge in [0.05, 0.1) is 5.56 Å². The van der Waals surface area contributed by atoms with Gasteiger partial charge in [-0.15, -0.1) is 0 Å². The molecule has 180 valence electrons. The molecule has 0 spiro atoms. The normalized spacial score (nSPS) is 15.9. The summed E-state index contributed by atoms with van der Waals surface area (Å²) >= 11 is 0. The summed E-state index contributed by atoms with van der Waals surface area (Å²) in [6, 6.07) is 10.4. The van der Waals surface area contributed by atoms with Crippen molar-refractivity contribution in [3.63, 3.8) is 0 Å². The second kappa shape index (κ2) is 9.87. The highest BCUT2D eigenvalue weighted by molar-refractivity contribution is 5.48. The second-order valence-corrected chi connectivity index (χ2v) is 8.60. The average Bonchev–Trinajstić information content (AvgIpc) is 2.82. The number of piperidine rings is 1. The van der Waals surface area contributed by atoms with E-state index in [0.717, 1.165) is 49.4 Å². The molecule has 0 bridgehead atoms. The van der Waals surface area contributed by atoms with Crippen LogP contribution in [0.15, 0.2) is 59.7 Å². The highest BCUT2D eigenvalue weighted by Gasteiger charge is 2.31. The number of rotatable bonds is 6. The number of benzene rings is 1. The van der Waals surface area contributed by atoms with E-state index in [2.05, 4.69) is 14.9 Å². The lowest BCUT2D eigenvalue weighted by molar-refractivity contribution is -0.137. The predicted octanol–water partition coefficient (Wildman–Crippen LogP) is 5.02. The Balaban J connectivity index is 1.38. The Labute approximate surface area is 196 Å². The third-order valence-corrected chi connectivity index (χ3v) is 6.41. The first-order chi connectivity index (χ1) is 16.2. The van der Waals surface area contributed by atoms with Crippen LogP contribution in [0.1, 0.15) is 42.9 Å². The zero-order valence-corrected chi connectivity index (χ0v) is 19.1. The van der Waals surface area contributed by atoms with Crippen LogP contribution >= 0.6 is 0 Å². The average molecular weight is 473 g/mol. The molecule has 1 aromatic carbocycles. The Morgan fingerprint density at radius 2 is 1.74 bits per heavy atom. The molecule has 0 aliphatic carbocycles. The Bertz CT molecular complexity index is 1160. The van der Waals surface area contributed by atoms with Gasteiger partial charge in [0.15, 0.2) is 5.82 Å². The highest BCUT2D eigenvalue weighted by Crippen LogP contribution is 2.33. The maximum atomic E-state index is 12.9. The van der Waals surface area contributed by atoms with E-state index < -0.39 is 11.7 Å². The van der Waals surface area contributed by atoms with Gasteiger partial charge in [-0.05, 0) is 69.0 Å². The smallest absolute Gasteiger partial charge is 0.416 e. The van der Waals surface area contributed by atoms with Crippen LogP contribution in [-0.2, 0) is 12.8 Å². The van der Waals surface area contributed by atoms with Crippen LogP contribution in [0.2, 0.25) is 0 Å². The molecule has 1 fully saturated rings. The highest BCUT2D eigenvalue weighted by atomic mass is 19.4. The van der Waals surface area contributed by atoms with Gasteiger partial charge >= 0.3 is 6.18 Å². The monoisotopic (exact) mass is 472 g/mol. The first-order valence-corrected chi connectivity index (χ1v) is 11.3. The van der Waals surface area contributed by atoms with Crippen molar-refractivity contribution in [2.24, 2.45) is 5.92 Å². The Hall–Kier alpha value is -3.36. The lowest BCUT2D eigenvalue weighted by Gasteiger charge is -2.37. The first kappa shape index (κ1) is 23.8. The molecule has 0 amide bonds. The minimum atomic E-state index is -4.33. The Morgan fingerprint density at radius 3 is 2.32 bits per heavy atom. The number of anilines is 1. The largest absolute Gasteiger partial charge is 0.485 e. The van der Waals surface area contributed by atoms with Crippen LogP contribution in [-0.4, -0.2) is 27.6 Å². The van der Waals surface area contributed by atoms with Crippen LogP contribution in [0.25, 0.3) is 0 Å². The van der Waals surface area contributed by atoms with Crippen molar-refractivity contribution in [2.75, 3.05) is 18.0 Å². The van der Waals surface area contributed by atoms with Gasteiger partial charge in [0.25, 0.3) is 5.56 Å². The molecule has 0 N–H and O–H groups in total. The van der Waals surface area contributed by atoms with E-state index >= 15 is 0 Å². The summed E-state index contributed by atoms with van der Waals surface area (Å²) in [5.41, 5.74) is 0.838. The van der Waals surface area contributed by atoms with Gasteiger partial charge in [0.1, 0.15) is 12.4 Å². The third kappa shape index (κ3) is 5.40. The zero-order chi connectivity index (χ0) is 24.3. The molecule has 0 radical (unpaired) electrons. The number of hydrogen-bond donors (Lipinski definition) is 0. The number of aromatic nitrogens is 3. The standard InChI is InChI=1S/C25H27F3N4O2/c1-17-14-22(34-16-23-29-10-3-11-30-23)15-24(33)32(17)18(2)19-8-12-31(13-9-19)21-6-4-20(5-7-21)25(26,27)28/h3-7,10-11,14-15,18-19H,8-9,12-13,16H2,1-2H3. The molecule has 1 aliphatic rings. The number of pyridine rings is 1. The van der Waals surface area contributed by atoms with Gasteiger partial charge in [0.2, 0.25) is 0 Å². The summed E-state index contributed by atoms with van der Waals surface area (Å²) in [7, 11) is 0. The van der Waals surface area contributed by atoms with Gasteiger partial charge < -0.3 is 14.2 Å². The molecule has 3 heterocycles. The van der Waals surface area contributed by atoms with Crippen molar-refractivity contribution in [1.82, 2.24) is 14.5 Å². The lowest BCUT2D eigenvalue weighted by Crippen LogP contribution is -2.38. The topological polar surface area (TPSA) is 60.3 Å². The summed E-state index contributed by atoms with van der Waals surface area (Å²) < 4.78 is 46.0. The fraction of sp³-hybridized carbons (Fsp3) is 0.400. The molecule has 3 aromatic rings. The van der Waals surface area contributed by atoms with Crippen LogP contribution < -0.4 is 15.2 Å². The number of hydrogen-bond acceptors (Lipinski definition) is 5.